The van der Waals surface area contributed by atoms with E-state index in [1.165, 1.54) is 154 Å². The van der Waals surface area contributed by atoms with Gasteiger partial charge in [-0.1, -0.05) is 231 Å². The molecule has 18 unspecified atom stereocenters. The summed E-state index contributed by atoms with van der Waals surface area (Å²) >= 11 is 0. The number of unbranched alkanes of at least 4 members (excludes halogenated alkanes) is 34. The van der Waals surface area contributed by atoms with E-state index in [1.807, 2.05) is 6.08 Å². The van der Waals surface area contributed by atoms with Gasteiger partial charge in [0.05, 0.1) is 50.7 Å². The third kappa shape index (κ3) is 32.9. The Kier molecular flexibility index (Phi) is 46.7. The van der Waals surface area contributed by atoms with Crippen molar-refractivity contribution in [1.82, 2.24) is 10.6 Å². The number of ether oxygens (including phenoxy) is 6. The third-order valence-electron chi connectivity index (χ3n) is 18.6. The Morgan fingerprint density at radius 3 is 1.46 bits per heavy atom. The second-order valence-corrected chi connectivity index (χ2v) is 26.8. The summed E-state index contributed by atoms with van der Waals surface area (Å²) in [6, 6.07) is -2.62. The van der Waals surface area contributed by atoms with Crippen molar-refractivity contribution in [3.05, 3.63) is 24.3 Å². The first-order valence-corrected chi connectivity index (χ1v) is 36.7. The first kappa shape index (κ1) is 85.4. The van der Waals surface area contributed by atoms with Crippen molar-refractivity contribution in [1.29, 1.82) is 0 Å². The van der Waals surface area contributed by atoms with Gasteiger partial charge in [0.25, 0.3) is 5.79 Å². The second-order valence-electron chi connectivity index (χ2n) is 26.8. The SMILES string of the molecule is CCCCCC/C=C\CCCCCCCCCC(=O)NC(COC1OC(CO)C(OC2OC(CO)C(O)C(OC3(C(=O)O)CC(O)C(NC(C)=O)C(C(O)C(O)CO)O3)C2O)C(O)C1O)C(O)/C=C/CCCCCCCCCCCCCCCCCCCCCCCCC. The Labute approximate surface area is 562 Å². The van der Waals surface area contributed by atoms with Crippen molar-refractivity contribution < 1.29 is 104 Å². The molecule has 0 aromatic rings. The van der Waals surface area contributed by atoms with Crippen LogP contribution in [-0.4, -0.2) is 215 Å². The number of nitrogens with one attached hydrogen (secondary N) is 2. The Balaban J connectivity index is 1.56. The Hall–Kier alpha value is -2.79. The molecule has 0 saturated carbocycles. The summed E-state index contributed by atoms with van der Waals surface area (Å²) in [6.45, 7) is 2.14. The van der Waals surface area contributed by atoms with Crippen molar-refractivity contribution in [3.8, 4) is 0 Å². The predicted molar refractivity (Wildman–Crippen MR) is 357 cm³/mol. The van der Waals surface area contributed by atoms with E-state index in [2.05, 4.69) is 36.6 Å². The largest absolute Gasteiger partial charge is 0.477 e. The van der Waals surface area contributed by atoms with Crippen LogP contribution in [0.3, 0.4) is 0 Å². The van der Waals surface area contributed by atoms with Gasteiger partial charge in [0.2, 0.25) is 11.8 Å². The summed E-state index contributed by atoms with van der Waals surface area (Å²) in [6.07, 6.45) is 23.6. The van der Waals surface area contributed by atoms with E-state index >= 15 is 0 Å². The van der Waals surface area contributed by atoms with Gasteiger partial charge in [0, 0.05) is 19.8 Å². The average molecular weight is 1350 g/mol. The molecule has 3 heterocycles. The molecule has 3 aliphatic rings. The Morgan fingerprint density at radius 2 is 1.00 bits per heavy atom. The van der Waals surface area contributed by atoms with E-state index < -0.39 is 155 Å². The first-order valence-electron chi connectivity index (χ1n) is 36.7. The number of carbonyl (C=O) groups is 3. The molecule has 0 spiro atoms. The van der Waals surface area contributed by atoms with Gasteiger partial charge in [-0.05, 0) is 44.9 Å². The minimum Gasteiger partial charge on any atom is -0.477 e. The second kappa shape index (κ2) is 51.4. The molecule has 3 fully saturated rings. The summed E-state index contributed by atoms with van der Waals surface area (Å²) in [5.41, 5.74) is 0. The number of allylic oxidation sites excluding steroid dienone is 3. The van der Waals surface area contributed by atoms with Crippen LogP contribution in [-0.2, 0) is 42.8 Å². The normalized spacial score (nSPS) is 28.0. The molecule has 3 saturated heterocycles. The molecule has 0 aromatic carbocycles. The molecule has 23 nitrogen and oxygen atoms in total. The van der Waals surface area contributed by atoms with Gasteiger partial charge >= 0.3 is 5.97 Å². The van der Waals surface area contributed by atoms with Gasteiger partial charge in [0.1, 0.15) is 67.1 Å². The van der Waals surface area contributed by atoms with Crippen LogP contribution < -0.4 is 10.6 Å². The average Bonchev–Trinajstić information content (AvgIpc) is 0.762. The van der Waals surface area contributed by atoms with Crippen LogP contribution in [0.5, 0.6) is 0 Å². The van der Waals surface area contributed by atoms with Crippen molar-refractivity contribution in [3.63, 3.8) is 0 Å². The van der Waals surface area contributed by atoms with E-state index in [9.17, 15) is 75.7 Å². The fraction of sp³-hybridized carbons (Fsp3) is 0.901. The van der Waals surface area contributed by atoms with Crippen molar-refractivity contribution >= 4 is 17.8 Å². The standard InChI is InChI=1S/C71H130N2O21/c1-4-6-8-10-12-14-16-18-20-21-22-23-24-25-26-27-28-29-31-32-34-36-38-40-42-44-53(78)52(73-58(81)45-43-41-39-37-35-33-30-19-17-15-13-11-9-7-5-2)50-89-68-63(85)62(84)65(57(49-76)91-68)92-69-64(86)67(61(83)56(48-75)90-69)94-71(70(87)88)46-54(79)59(72-51(3)77)66(93-71)60(82)55(80)47-74/h15,17,42,44,52-57,59-69,74-76,78-80,82-86H,4-14,16,18-41,43,45-50H2,1-3H3,(H,72,77)(H,73,81)(H,87,88)/b17-15-,44-42+. The molecule has 0 radical (unpaired) electrons. The summed E-state index contributed by atoms with van der Waals surface area (Å²) in [7, 11) is 0. The summed E-state index contributed by atoms with van der Waals surface area (Å²) in [4.78, 5) is 38.6. The van der Waals surface area contributed by atoms with Crippen LogP contribution in [0, 0.1) is 0 Å². The lowest BCUT2D eigenvalue weighted by atomic mass is 9.88. The highest BCUT2D eigenvalue weighted by molar-refractivity contribution is 5.77. The van der Waals surface area contributed by atoms with E-state index in [1.54, 1.807) is 6.08 Å². The number of amides is 2. The van der Waals surface area contributed by atoms with Crippen molar-refractivity contribution in [2.24, 2.45) is 0 Å². The minimum atomic E-state index is -3.08. The van der Waals surface area contributed by atoms with Gasteiger partial charge in [-0.15, -0.1) is 0 Å². The predicted octanol–water partition coefficient (Wildman–Crippen LogP) is 7.62. The van der Waals surface area contributed by atoms with Gasteiger partial charge in [-0.25, -0.2) is 4.79 Å². The van der Waals surface area contributed by atoms with Crippen LogP contribution in [0.25, 0.3) is 0 Å². The number of hydrogen-bond acceptors (Lipinski definition) is 20. The molecule has 94 heavy (non-hydrogen) atoms. The topological polar surface area (TPSA) is 373 Å². The number of aliphatic hydroxyl groups is 11. The van der Waals surface area contributed by atoms with Crippen LogP contribution in [0.1, 0.15) is 271 Å². The highest BCUT2D eigenvalue weighted by Gasteiger charge is 2.60. The van der Waals surface area contributed by atoms with E-state index in [0.29, 0.717) is 12.8 Å². The third-order valence-corrected chi connectivity index (χ3v) is 18.6. The quantitative estimate of drug-likeness (QED) is 0.0205. The lowest BCUT2D eigenvalue weighted by Crippen LogP contribution is -2.70. The summed E-state index contributed by atoms with van der Waals surface area (Å²) in [5.74, 6) is -6.15. The van der Waals surface area contributed by atoms with E-state index in [-0.39, 0.29) is 12.3 Å². The molecule has 550 valence electrons. The fourth-order valence-electron chi connectivity index (χ4n) is 12.8. The number of carbonyl (C=O) groups excluding carboxylic acids is 2. The smallest absolute Gasteiger partial charge is 0.364 e. The molecule has 18 atom stereocenters. The molecular weight excluding hydrogens is 1220 g/mol. The van der Waals surface area contributed by atoms with E-state index in [0.717, 1.165) is 77.6 Å². The number of carboxylic acids is 1. The monoisotopic (exact) mass is 1350 g/mol. The lowest BCUT2D eigenvalue weighted by Gasteiger charge is -2.50. The van der Waals surface area contributed by atoms with Crippen LogP contribution in [0.4, 0.5) is 0 Å². The number of aliphatic hydroxyl groups excluding tert-OH is 11. The van der Waals surface area contributed by atoms with Crippen LogP contribution in [0.2, 0.25) is 0 Å². The molecule has 3 rings (SSSR count). The van der Waals surface area contributed by atoms with Crippen LogP contribution >= 0.6 is 0 Å². The maximum atomic E-state index is 13.5. The lowest BCUT2D eigenvalue weighted by molar-refractivity contribution is -0.386. The zero-order chi connectivity index (χ0) is 68.9. The van der Waals surface area contributed by atoms with Gasteiger partial charge in [0.15, 0.2) is 12.6 Å². The molecule has 23 heteroatoms. The molecular formula is C71H130N2O21. The number of hydrogen-bond donors (Lipinski definition) is 14. The molecule has 3 aliphatic heterocycles. The van der Waals surface area contributed by atoms with Gasteiger partial charge in [-0.3, -0.25) is 9.59 Å². The first-order chi connectivity index (χ1) is 45.4. The van der Waals surface area contributed by atoms with Gasteiger partial charge in [-0.2, -0.15) is 0 Å². The zero-order valence-corrected chi connectivity index (χ0v) is 57.6. The number of aliphatic carboxylic acids is 1. The molecule has 0 aromatic heterocycles. The maximum absolute atomic E-state index is 13.5. The highest BCUT2D eigenvalue weighted by atomic mass is 16.8. The van der Waals surface area contributed by atoms with Crippen molar-refractivity contribution in [2.45, 2.75) is 381 Å². The molecule has 0 aliphatic carbocycles. The molecule has 2 amide bonds. The Bertz CT molecular complexity index is 1990. The fourth-order valence-corrected chi connectivity index (χ4v) is 12.8. The number of carboxylic acid groups (broad SMARTS) is 1. The van der Waals surface area contributed by atoms with Crippen molar-refractivity contribution in [2.75, 3.05) is 26.4 Å². The van der Waals surface area contributed by atoms with E-state index in [4.69, 9.17) is 28.4 Å². The zero-order valence-electron chi connectivity index (χ0n) is 57.6. The number of rotatable bonds is 56. The molecule has 0 bridgehead atoms. The minimum absolute atomic E-state index is 0.196. The summed E-state index contributed by atoms with van der Waals surface area (Å²) < 4.78 is 34.8. The Morgan fingerprint density at radius 1 is 0.553 bits per heavy atom. The van der Waals surface area contributed by atoms with Crippen LogP contribution in [0.15, 0.2) is 24.3 Å². The van der Waals surface area contributed by atoms with Gasteiger partial charge < -0.3 is 100 Å². The highest BCUT2D eigenvalue weighted by Crippen LogP contribution is 2.39. The maximum Gasteiger partial charge on any atom is 0.364 e. The molecule has 14 N–H and O–H groups in total. The summed E-state index contributed by atoms with van der Waals surface area (Å²) in [5, 5.41) is 136.